The third-order valence-electron chi connectivity index (χ3n) is 4.81. The van der Waals surface area contributed by atoms with Gasteiger partial charge in [0.25, 0.3) is 5.91 Å². The molecule has 110 valence electrons. The minimum atomic E-state index is -0.0479. The third kappa shape index (κ3) is 2.31. The summed E-state index contributed by atoms with van der Waals surface area (Å²) in [5, 5.41) is 4.22. The maximum Gasteiger partial charge on any atom is 0.270 e. The van der Waals surface area contributed by atoms with Crippen LogP contribution in [0.25, 0.3) is 10.9 Å². The topological polar surface area (TPSA) is 50.2 Å². The van der Waals surface area contributed by atoms with Crippen molar-refractivity contribution in [1.29, 1.82) is 0 Å². The lowest BCUT2D eigenvalue weighted by Crippen LogP contribution is -2.47. The molecular formula is C16H20N4O. The average Bonchev–Trinajstić information content (AvgIpc) is 3.02. The highest BCUT2D eigenvalue weighted by Gasteiger charge is 2.33. The molecule has 2 aromatic rings. The van der Waals surface area contributed by atoms with Crippen LogP contribution >= 0.6 is 0 Å². The molecule has 2 saturated heterocycles. The van der Waals surface area contributed by atoms with Gasteiger partial charge in [-0.15, -0.1) is 0 Å². The van der Waals surface area contributed by atoms with E-state index in [4.69, 9.17) is 0 Å². The fourth-order valence-corrected chi connectivity index (χ4v) is 3.71. The molecule has 0 spiro atoms. The number of nitrogens with zero attached hydrogens (tertiary/aromatic N) is 3. The zero-order chi connectivity index (χ0) is 14.4. The number of hydrogen-bond donors (Lipinski definition) is 1. The summed E-state index contributed by atoms with van der Waals surface area (Å²) < 4.78 is 2.01. The highest BCUT2D eigenvalue weighted by Crippen LogP contribution is 2.26. The molecule has 4 heterocycles. The van der Waals surface area contributed by atoms with E-state index in [0.29, 0.717) is 5.69 Å². The molecule has 2 bridgehead atoms. The van der Waals surface area contributed by atoms with Crippen LogP contribution in [0.5, 0.6) is 0 Å². The van der Waals surface area contributed by atoms with E-state index >= 15 is 0 Å². The predicted octanol–water partition coefficient (Wildman–Crippen LogP) is 1.40. The van der Waals surface area contributed by atoms with E-state index in [1.54, 1.807) is 6.20 Å². The smallest absolute Gasteiger partial charge is 0.270 e. The summed E-state index contributed by atoms with van der Waals surface area (Å²) in [5.74, 6) is 0.710. The number of pyridine rings is 1. The van der Waals surface area contributed by atoms with Crippen LogP contribution in [0.3, 0.4) is 0 Å². The Hall–Kier alpha value is -1.88. The zero-order valence-corrected chi connectivity index (χ0v) is 12.2. The molecule has 0 aromatic carbocycles. The summed E-state index contributed by atoms with van der Waals surface area (Å²) in [6.07, 6.45) is 6.15. The normalized spacial score (nSPS) is 28.0. The first-order chi connectivity index (χ1) is 10.2. The molecule has 0 saturated carbocycles. The molecular weight excluding hydrogens is 264 g/mol. The molecule has 2 aliphatic heterocycles. The van der Waals surface area contributed by atoms with E-state index < -0.39 is 0 Å². The van der Waals surface area contributed by atoms with Gasteiger partial charge >= 0.3 is 0 Å². The van der Waals surface area contributed by atoms with Gasteiger partial charge in [0.2, 0.25) is 0 Å². The highest BCUT2D eigenvalue weighted by atomic mass is 16.1. The molecule has 0 radical (unpaired) electrons. The van der Waals surface area contributed by atoms with Crippen LogP contribution in [-0.4, -0.2) is 46.0 Å². The van der Waals surface area contributed by atoms with E-state index in [1.807, 2.05) is 29.9 Å². The molecule has 1 amide bonds. The number of rotatable bonds is 2. The van der Waals surface area contributed by atoms with Crippen LogP contribution in [0.4, 0.5) is 0 Å². The SMILES string of the molecule is Cn1ccc2cc(C(=O)N[C@@H]3CC4CCN(C4)C3)ncc21. The number of piperidine rings is 1. The van der Waals surface area contributed by atoms with Gasteiger partial charge < -0.3 is 14.8 Å². The van der Waals surface area contributed by atoms with Gasteiger partial charge in [-0.2, -0.15) is 0 Å². The minimum Gasteiger partial charge on any atom is -0.349 e. The number of carbonyl (C=O) groups is 1. The van der Waals surface area contributed by atoms with Crippen LogP contribution in [0, 0.1) is 5.92 Å². The minimum absolute atomic E-state index is 0.0479. The van der Waals surface area contributed by atoms with Gasteiger partial charge in [0.1, 0.15) is 5.69 Å². The average molecular weight is 284 g/mol. The van der Waals surface area contributed by atoms with Crippen LogP contribution in [0.2, 0.25) is 0 Å². The molecule has 5 nitrogen and oxygen atoms in total. The number of hydrogen-bond acceptors (Lipinski definition) is 3. The molecule has 3 atom stereocenters. The Morgan fingerprint density at radius 1 is 1.43 bits per heavy atom. The van der Waals surface area contributed by atoms with Gasteiger partial charge in [-0.3, -0.25) is 4.79 Å². The van der Waals surface area contributed by atoms with Crippen LogP contribution in [0.1, 0.15) is 23.3 Å². The monoisotopic (exact) mass is 284 g/mol. The lowest BCUT2D eigenvalue weighted by molar-refractivity contribution is 0.0904. The summed E-state index contributed by atoms with van der Waals surface area (Å²) >= 11 is 0. The van der Waals surface area contributed by atoms with Crippen molar-refractivity contribution in [2.75, 3.05) is 19.6 Å². The molecule has 1 N–H and O–H groups in total. The highest BCUT2D eigenvalue weighted by molar-refractivity contribution is 5.96. The Morgan fingerprint density at radius 2 is 2.33 bits per heavy atom. The van der Waals surface area contributed by atoms with Crippen LogP contribution < -0.4 is 5.32 Å². The van der Waals surface area contributed by atoms with E-state index in [9.17, 15) is 4.79 Å². The first-order valence-electron chi connectivity index (χ1n) is 7.63. The fraction of sp³-hybridized carbons (Fsp3) is 0.500. The molecule has 2 aromatic heterocycles. The number of amides is 1. The van der Waals surface area contributed by atoms with Gasteiger partial charge in [0.15, 0.2) is 0 Å². The van der Waals surface area contributed by atoms with Crippen molar-refractivity contribution in [3.63, 3.8) is 0 Å². The number of aryl methyl sites for hydroxylation is 1. The van der Waals surface area contributed by atoms with E-state index in [0.717, 1.165) is 29.8 Å². The summed E-state index contributed by atoms with van der Waals surface area (Å²) in [4.78, 5) is 19.2. The van der Waals surface area contributed by atoms with Gasteiger partial charge in [-0.05, 0) is 37.4 Å². The zero-order valence-electron chi connectivity index (χ0n) is 12.2. The first-order valence-corrected chi connectivity index (χ1v) is 7.63. The molecule has 2 aliphatic rings. The second-order valence-electron chi connectivity index (χ2n) is 6.38. The van der Waals surface area contributed by atoms with Crippen molar-refractivity contribution in [2.24, 2.45) is 13.0 Å². The summed E-state index contributed by atoms with van der Waals surface area (Å²) in [5.41, 5.74) is 1.56. The van der Waals surface area contributed by atoms with Gasteiger partial charge in [-0.1, -0.05) is 0 Å². The Kier molecular flexibility index (Phi) is 2.96. The molecule has 2 fully saturated rings. The number of nitrogens with one attached hydrogen (secondary N) is 1. The number of aromatic nitrogens is 2. The van der Waals surface area contributed by atoms with E-state index in [2.05, 4.69) is 15.2 Å². The molecule has 5 heteroatoms. The van der Waals surface area contributed by atoms with Crippen molar-refractivity contribution in [3.8, 4) is 0 Å². The van der Waals surface area contributed by atoms with Crippen LogP contribution in [-0.2, 0) is 7.05 Å². The van der Waals surface area contributed by atoms with Crippen molar-refractivity contribution < 1.29 is 4.79 Å². The number of carbonyl (C=O) groups excluding carboxylic acids is 1. The van der Waals surface area contributed by atoms with Crippen molar-refractivity contribution in [1.82, 2.24) is 19.8 Å². The van der Waals surface area contributed by atoms with Crippen molar-refractivity contribution in [3.05, 3.63) is 30.2 Å². The fourth-order valence-electron chi connectivity index (χ4n) is 3.71. The van der Waals surface area contributed by atoms with Crippen LogP contribution in [0.15, 0.2) is 24.5 Å². The maximum absolute atomic E-state index is 12.4. The van der Waals surface area contributed by atoms with Gasteiger partial charge in [0, 0.05) is 37.8 Å². The number of fused-ring (bicyclic) bond motifs is 3. The first kappa shape index (κ1) is 12.8. The standard InChI is InChI=1S/C16H20N4O/c1-19-4-3-12-7-14(17-8-15(12)19)16(21)18-13-6-11-2-5-20(9-11)10-13/h3-4,7-8,11,13H,2,5-6,9-10H2,1H3,(H,18,21)/t11?,13-/m1/s1. The molecule has 2 unspecified atom stereocenters. The Morgan fingerprint density at radius 3 is 3.19 bits per heavy atom. The second kappa shape index (κ2) is 4.84. The van der Waals surface area contributed by atoms with E-state index in [-0.39, 0.29) is 11.9 Å². The van der Waals surface area contributed by atoms with E-state index in [1.165, 1.54) is 19.5 Å². The third-order valence-corrected chi connectivity index (χ3v) is 4.81. The molecule has 4 rings (SSSR count). The maximum atomic E-state index is 12.4. The molecule has 21 heavy (non-hydrogen) atoms. The Bertz CT molecular complexity index is 681. The predicted molar refractivity (Wildman–Crippen MR) is 81.1 cm³/mol. The largest absolute Gasteiger partial charge is 0.349 e. The van der Waals surface area contributed by atoms with Crippen molar-refractivity contribution >= 4 is 16.8 Å². The lowest BCUT2D eigenvalue weighted by Gasteiger charge is -2.30. The molecule has 0 aliphatic carbocycles. The van der Waals surface area contributed by atoms with Crippen molar-refractivity contribution in [2.45, 2.75) is 18.9 Å². The summed E-state index contributed by atoms with van der Waals surface area (Å²) in [6.45, 7) is 3.38. The Balaban J connectivity index is 1.50. The quantitative estimate of drug-likeness (QED) is 0.907. The van der Waals surface area contributed by atoms with Gasteiger partial charge in [-0.25, -0.2) is 4.98 Å². The second-order valence-corrected chi connectivity index (χ2v) is 6.38. The summed E-state index contributed by atoms with van der Waals surface area (Å²) in [7, 11) is 1.98. The van der Waals surface area contributed by atoms with Gasteiger partial charge in [0.05, 0.1) is 11.7 Å². The lowest BCUT2D eigenvalue weighted by atomic mass is 9.97. The summed E-state index contributed by atoms with van der Waals surface area (Å²) in [6, 6.07) is 4.16. The Labute approximate surface area is 123 Å².